The molecule has 0 N–H and O–H groups in total. The van der Waals surface area contributed by atoms with E-state index in [4.69, 9.17) is 4.74 Å². The highest BCUT2D eigenvalue weighted by Gasteiger charge is 2.25. The number of ether oxygens (including phenoxy) is 1. The summed E-state index contributed by atoms with van der Waals surface area (Å²) < 4.78 is 36.0. The van der Waals surface area contributed by atoms with Crippen molar-refractivity contribution in [3.05, 3.63) is 47.2 Å². The van der Waals surface area contributed by atoms with E-state index in [1.807, 2.05) is 0 Å². The van der Waals surface area contributed by atoms with Crippen molar-refractivity contribution >= 4 is 0 Å². The summed E-state index contributed by atoms with van der Waals surface area (Å²) in [6.07, 6.45) is 17.4. The van der Waals surface area contributed by atoms with Crippen LogP contribution in [0.3, 0.4) is 0 Å². The number of halogens is 2. The van der Waals surface area contributed by atoms with Crippen LogP contribution in [0.25, 0.3) is 11.1 Å². The summed E-state index contributed by atoms with van der Waals surface area (Å²) in [5, 5.41) is 0. The molecule has 1 aromatic heterocycles. The normalized spacial score (nSPS) is 15.5. The van der Waals surface area contributed by atoms with E-state index in [0.29, 0.717) is 36.0 Å². The summed E-state index contributed by atoms with van der Waals surface area (Å²) in [5.41, 5.74) is 2.07. The first-order valence-electron chi connectivity index (χ1n) is 13.2. The van der Waals surface area contributed by atoms with E-state index in [1.165, 1.54) is 64.0 Å². The van der Waals surface area contributed by atoms with Gasteiger partial charge in [0.05, 0.1) is 12.2 Å². The molecule has 0 amide bonds. The van der Waals surface area contributed by atoms with Gasteiger partial charge < -0.3 is 4.74 Å². The van der Waals surface area contributed by atoms with Crippen LogP contribution >= 0.6 is 0 Å². The predicted octanol–water partition coefficient (Wildman–Crippen LogP) is 8.84. The highest BCUT2D eigenvalue weighted by molar-refractivity contribution is 5.66. The molecule has 1 aliphatic rings. The SMILES string of the molecule is CCCCCCCCC1CCc2c(cc(F)c(-c3ccc(OCCCCCC)nc3)c2F)C1. The average Bonchev–Trinajstić information content (AvgIpc) is 2.82. The molecular formula is C29H41F2NO. The number of pyridine rings is 1. The van der Waals surface area contributed by atoms with Gasteiger partial charge in [-0.05, 0) is 54.9 Å². The Labute approximate surface area is 199 Å². The van der Waals surface area contributed by atoms with Crippen LogP contribution in [0.15, 0.2) is 24.4 Å². The van der Waals surface area contributed by atoms with Gasteiger partial charge in [0, 0.05) is 17.8 Å². The lowest BCUT2D eigenvalue weighted by Crippen LogP contribution is -2.17. The lowest BCUT2D eigenvalue weighted by Gasteiger charge is -2.26. The molecule has 0 radical (unpaired) electrons. The minimum Gasteiger partial charge on any atom is -0.478 e. The van der Waals surface area contributed by atoms with Crippen molar-refractivity contribution in [2.45, 2.75) is 104 Å². The second-order valence-electron chi connectivity index (χ2n) is 9.64. The number of nitrogens with zero attached hydrogens (tertiary/aromatic N) is 1. The van der Waals surface area contributed by atoms with Gasteiger partial charge in [-0.15, -0.1) is 0 Å². The molecule has 1 unspecified atom stereocenters. The third-order valence-electron chi connectivity index (χ3n) is 6.96. The Morgan fingerprint density at radius 3 is 2.39 bits per heavy atom. The number of aromatic nitrogens is 1. The van der Waals surface area contributed by atoms with Crippen LogP contribution in [-0.2, 0) is 12.8 Å². The van der Waals surface area contributed by atoms with Gasteiger partial charge in [-0.2, -0.15) is 0 Å². The molecule has 1 aromatic carbocycles. The Morgan fingerprint density at radius 2 is 1.67 bits per heavy atom. The molecule has 0 saturated heterocycles. The van der Waals surface area contributed by atoms with E-state index >= 15 is 4.39 Å². The van der Waals surface area contributed by atoms with Gasteiger partial charge in [0.25, 0.3) is 0 Å². The maximum absolute atomic E-state index is 15.4. The Balaban J connectivity index is 1.58. The van der Waals surface area contributed by atoms with Gasteiger partial charge in [-0.3, -0.25) is 0 Å². The predicted molar refractivity (Wildman–Crippen MR) is 133 cm³/mol. The topological polar surface area (TPSA) is 22.1 Å². The Morgan fingerprint density at radius 1 is 0.939 bits per heavy atom. The molecule has 0 aliphatic heterocycles. The van der Waals surface area contributed by atoms with Crippen molar-refractivity contribution in [2.75, 3.05) is 6.61 Å². The maximum atomic E-state index is 15.4. The van der Waals surface area contributed by atoms with Crippen LogP contribution in [0.1, 0.15) is 102 Å². The minimum atomic E-state index is -0.485. The molecule has 2 nitrogen and oxygen atoms in total. The van der Waals surface area contributed by atoms with Gasteiger partial charge >= 0.3 is 0 Å². The summed E-state index contributed by atoms with van der Waals surface area (Å²) in [4.78, 5) is 4.28. The van der Waals surface area contributed by atoms with Crippen molar-refractivity contribution in [1.29, 1.82) is 0 Å². The third-order valence-corrected chi connectivity index (χ3v) is 6.96. The van der Waals surface area contributed by atoms with Crippen molar-refractivity contribution in [1.82, 2.24) is 4.98 Å². The first-order valence-corrected chi connectivity index (χ1v) is 13.2. The Hall–Kier alpha value is -1.97. The molecule has 2 aromatic rings. The second kappa shape index (κ2) is 13.7. The van der Waals surface area contributed by atoms with Crippen LogP contribution in [-0.4, -0.2) is 11.6 Å². The molecule has 1 heterocycles. The smallest absolute Gasteiger partial charge is 0.213 e. The lowest BCUT2D eigenvalue weighted by molar-refractivity contribution is 0.294. The fraction of sp³-hybridized carbons (Fsp3) is 0.621. The number of hydrogen-bond acceptors (Lipinski definition) is 2. The molecule has 1 atom stereocenters. The summed E-state index contributed by atoms with van der Waals surface area (Å²) in [5.74, 6) is 0.162. The van der Waals surface area contributed by atoms with Gasteiger partial charge in [0.15, 0.2) is 0 Å². The number of unbranched alkanes of at least 4 members (excludes halogenated alkanes) is 8. The highest BCUT2D eigenvalue weighted by Crippen LogP contribution is 2.36. The van der Waals surface area contributed by atoms with Crippen molar-refractivity contribution < 1.29 is 13.5 Å². The number of rotatable bonds is 14. The zero-order valence-electron chi connectivity index (χ0n) is 20.6. The van der Waals surface area contributed by atoms with E-state index in [0.717, 1.165) is 31.2 Å². The van der Waals surface area contributed by atoms with E-state index in [-0.39, 0.29) is 5.56 Å². The quantitative estimate of drug-likeness (QED) is 0.264. The molecule has 0 bridgehead atoms. The van der Waals surface area contributed by atoms with Gasteiger partial charge in [-0.1, -0.05) is 78.1 Å². The van der Waals surface area contributed by atoms with E-state index < -0.39 is 11.6 Å². The largest absolute Gasteiger partial charge is 0.478 e. The first kappa shape index (κ1) is 25.6. The zero-order chi connectivity index (χ0) is 23.5. The number of benzene rings is 1. The minimum absolute atomic E-state index is 0.0464. The summed E-state index contributed by atoms with van der Waals surface area (Å²) >= 11 is 0. The molecule has 1 aliphatic carbocycles. The van der Waals surface area contributed by atoms with Gasteiger partial charge in [0.2, 0.25) is 5.88 Å². The molecule has 0 saturated carbocycles. The van der Waals surface area contributed by atoms with Crippen LogP contribution in [0.5, 0.6) is 5.88 Å². The van der Waals surface area contributed by atoms with Crippen LogP contribution in [0.2, 0.25) is 0 Å². The van der Waals surface area contributed by atoms with Crippen LogP contribution in [0, 0.1) is 17.6 Å². The van der Waals surface area contributed by atoms with Gasteiger partial charge in [0.1, 0.15) is 11.6 Å². The van der Waals surface area contributed by atoms with E-state index in [2.05, 4.69) is 18.8 Å². The molecule has 0 spiro atoms. The molecular weight excluding hydrogens is 416 g/mol. The van der Waals surface area contributed by atoms with Crippen molar-refractivity contribution in [3.63, 3.8) is 0 Å². The molecule has 4 heteroatoms. The molecule has 0 fully saturated rings. The lowest BCUT2D eigenvalue weighted by atomic mass is 9.80. The first-order chi connectivity index (χ1) is 16.1. The summed E-state index contributed by atoms with van der Waals surface area (Å²) in [6, 6.07) is 5.00. The zero-order valence-corrected chi connectivity index (χ0v) is 20.6. The number of hydrogen-bond donors (Lipinski definition) is 0. The standard InChI is InChI=1S/C29H41F2NO/c1-3-5-7-9-10-11-13-22-14-16-25-24(19-22)20-26(30)28(29(25)31)23-15-17-27(32-21-23)33-18-12-8-6-4-2/h15,17,20-22H,3-14,16,18-19H2,1-2H3. The fourth-order valence-electron chi connectivity index (χ4n) is 4.97. The third kappa shape index (κ3) is 7.52. The van der Waals surface area contributed by atoms with E-state index in [1.54, 1.807) is 18.2 Å². The maximum Gasteiger partial charge on any atom is 0.213 e. The van der Waals surface area contributed by atoms with E-state index in [9.17, 15) is 4.39 Å². The van der Waals surface area contributed by atoms with Crippen LogP contribution < -0.4 is 4.74 Å². The van der Waals surface area contributed by atoms with Gasteiger partial charge in [-0.25, -0.2) is 13.8 Å². The molecule has 182 valence electrons. The Kier molecular flexibility index (Phi) is 10.6. The molecule has 3 rings (SSSR count). The fourth-order valence-corrected chi connectivity index (χ4v) is 4.97. The summed E-state index contributed by atoms with van der Waals surface area (Å²) in [7, 11) is 0. The second-order valence-corrected chi connectivity index (χ2v) is 9.64. The van der Waals surface area contributed by atoms with Crippen LogP contribution in [0.4, 0.5) is 8.78 Å². The molecule has 33 heavy (non-hydrogen) atoms. The number of fused-ring (bicyclic) bond motifs is 1. The van der Waals surface area contributed by atoms with Crippen molar-refractivity contribution in [3.8, 4) is 17.0 Å². The van der Waals surface area contributed by atoms with Crippen molar-refractivity contribution in [2.24, 2.45) is 5.92 Å². The summed E-state index contributed by atoms with van der Waals surface area (Å²) in [6.45, 7) is 5.03. The highest BCUT2D eigenvalue weighted by atomic mass is 19.1. The monoisotopic (exact) mass is 457 g/mol. The Bertz CT molecular complexity index is 850. The average molecular weight is 458 g/mol.